The van der Waals surface area contributed by atoms with Crippen LogP contribution in [0.1, 0.15) is 11.1 Å². The van der Waals surface area contributed by atoms with Gasteiger partial charge in [-0.3, -0.25) is 14.9 Å². The molecule has 0 saturated carbocycles. The van der Waals surface area contributed by atoms with Crippen molar-refractivity contribution in [3.05, 3.63) is 68.8 Å². The molecule has 0 radical (unpaired) electrons. The fourth-order valence-corrected chi connectivity index (χ4v) is 2.55. The Hall–Kier alpha value is -4.20. The lowest BCUT2D eigenvalue weighted by molar-refractivity contribution is -0.386. The summed E-state index contributed by atoms with van der Waals surface area (Å²) in [4.78, 5) is 23.6. The number of rotatable bonds is 6. The van der Waals surface area contributed by atoms with Crippen LogP contribution in [-0.4, -0.2) is 40.1 Å². The second-order valence-electron chi connectivity index (χ2n) is 6.04. The van der Waals surface area contributed by atoms with E-state index in [1.807, 2.05) is 0 Å². The number of carbonyl (C=O) groups excluding carboxylic acids is 1. The van der Waals surface area contributed by atoms with Crippen molar-refractivity contribution in [2.24, 2.45) is 0 Å². The average Bonchev–Trinajstić information content (AvgIpc) is 2.70. The van der Waals surface area contributed by atoms with E-state index in [-0.39, 0.29) is 16.9 Å². The number of aromatic hydroxyl groups is 1. The van der Waals surface area contributed by atoms with Gasteiger partial charge in [-0.1, -0.05) is 0 Å². The molecule has 0 unspecified atom stereocenters. The Bertz CT molecular complexity index is 1090. The normalized spacial score (nSPS) is 11.3. The fraction of sp³-hybridized carbons (Fsp3) is 0.158. The van der Waals surface area contributed by atoms with Crippen molar-refractivity contribution < 1.29 is 33.4 Å². The van der Waals surface area contributed by atoms with E-state index >= 15 is 0 Å². The van der Waals surface area contributed by atoms with Crippen molar-refractivity contribution >= 4 is 17.4 Å². The second kappa shape index (κ2) is 8.87. The molecular formula is C19H15F2N3O6. The van der Waals surface area contributed by atoms with Gasteiger partial charge in [-0.05, 0) is 24.3 Å². The van der Waals surface area contributed by atoms with E-state index in [0.717, 1.165) is 42.3 Å². The number of hydrogen-bond acceptors (Lipinski definition) is 7. The van der Waals surface area contributed by atoms with E-state index in [1.165, 1.54) is 13.1 Å². The number of aliphatic hydroxyl groups excluding tert-OH is 1. The largest absolute Gasteiger partial charge is 0.506 e. The third-order valence-electron chi connectivity index (χ3n) is 4.07. The van der Waals surface area contributed by atoms with Gasteiger partial charge in [-0.25, -0.2) is 8.78 Å². The second-order valence-corrected chi connectivity index (χ2v) is 6.04. The standard InChI is InChI=1S/C19H15F2N3O6/c1-23(9-11-5-12(20)3-4-14(11)21)19(27)13(8-22)17(25)10-6-15(24(28)29)18(26)16(7-10)30-2/h3-7,25-26H,9H2,1-2H3/b17-13-. The van der Waals surface area contributed by atoms with Gasteiger partial charge in [0.25, 0.3) is 5.91 Å². The van der Waals surface area contributed by atoms with Gasteiger partial charge >= 0.3 is 5.69 Å². The van der Waals surface area contributed by atoms with Crippen molar-refractivity contribution in [3.8, 4) is 17.6 Å². The summed E-state index contributed by atoms with van der Waals surface area (Å²) >= 11 is 0. The van der Waals surface area contributed by atoms with E-state index in [4.69, 9.17) is 4.74 Å². The Morgan fingerprint density at radius 1 is 1.33 bits per heavy atom. The minimum Gasteiger partial charge on any atom is -0.506 e. The molecule has 0 saturated heterocycles. The van der Waals surface area contributed by atoms with Gasteiger partial charge < -0.3 is 19.8 Å². The maximum Gasteiger partial charge on any atom is 0.315 e. The summed E-state index contributed by atoms with van der Waals surface area (Å²) in [5.74, 6) is -4.65. The number of nitriles is 1. The number of carbonyl (C=O) groups is 1. The van der Waals surface area contributed by atoms with E-state index in [0.29, 0.717) is 0 Å². The van der Waals surface area contributed by atoms with Crippen LogP contribution in [0, 0.1) is 33.1 Å². The number of phenolic OH excluding ortho intramolecular Hbond substituents is 1. The number of methoxy groups -OCH3 is 1. The van der Waals surface area contributed by atoms with Crippen molar-refractivity contribution in [2.45, 2.75) is 6.54 Å². The van der Waals surface area contributed by atoms with Crippen molar-refractivity contribution in [1.82, 2.24) is 4.90 Å². The number of nitrogens with zero attached hydrogens (tertiary/aromatic N) is 3. The highest BCUT2D eigenvalue weighted by Gasteiger charge is 2.26. The van der Waals surface area contributed by atoms with Crippen molar-refractivity contribution in [1.29, 1.82) is 5.26 Å². The molecule has 2 rings (SSSR count). The van der Waals surface area contributed by atoms with Crippen LogP contribution in [0.4, 0.5) is 14.5 Å². The molecule has 0 aliphatic heterocycles. The zero-order chi connectivity index (χ0) is 22.6. The molecular weight excluding hydrogens is 404 g/mol. The molecule has 0 bridgehead atoms. The predicted octanol–water partition coefficient (Wildman–Crippen LogP) is 3.04. The summed E-state index contributed by atoms with van der Waals surface area (Å²) in [5.41, 5.74) is -2.14. The smallest absolute Gasteiger partial charge is 0.315 e. The molecule has 0 aliphatic carbocycles. The number of amides is 1. The topological polar surface area (TPSA) is 137 Å². The quantitative estimate of drug-likeness (QED) is 0.241. The van der Waals surface area contributed by atoms with Crippen LogP contribution in [0.3, 0.4) is 0 Å². The molecule has 0 atom stereocenters. The minimum atomic E-state index is -1.05. The van der Waals surface area contributed by atoms with Gasteiger partial charge in [0.2, 0.25) is 5.75 Å². The van der Waals surface area contributed by atoms with E-state index in [2.05, 4.69) is 0 Å². The molecule has 0 aromatic heterocycles. The summed E-state index contributed by atoms with van der Waals surface area (Å²) in [6.07, 6.45) is 0. The Morgan fingerprint density at radius 2 is 2.00 bits per heavy atom. The van der Waals surface area contributed by atoms with Crippen LogP contribution in [0.15, 0.2) is 35.9 Å². The number of benzene rings is 2. The molecule has 0 aliphatic rings. The van der Waals surface area contributed by atoms with Crippen LogP contribution >= 0.6 is 0 Å². The zero-order valence-corrected chi connectivity index (χ0v) is 15.7. The number of likely N-dealkylation sites (N-methyl/N-ethyl adjacent to an activating group) is 1. The molecule has 2 N–H and O–H groups in total. The summed E-state index contributed by atoms with van der Waals surface area (Å²) in [6.45, 7) is -0.417. The summed E-state index contributed by atoms with van der Waals surface area (Å²) in [6, 6.07) is 5.90. The van der Waals surface area contributed by atoms with Crippen molar-refractivity contribution in [2.75, 3.05) is 14.2 Å². The van der Waals surface area contributed by atoms with Gasteiger partial charge in [0.15, 0.2) is 11.3 Å². The van der Waals surface area contributed by atoms with Gasteiger partial charge in [-0.2, -0.15) is 5.26 Å². The average molecular weight is 419 g/mol. The Labute approximate surface area is 168 Å². The van der Waals surface area contributed by atoms with E-state index in [1.54, 1.807) is 0 Å². The maximum absolute atomic E-state index is 13.8. The minimum absolute atomic E-state index is 0.162. The molecule has 9 nitrogen and oxygen atoms in total. The number of phenols is 1. The number of nitro groups is 1. The van der Waals surface area contributed by atoms with E-state index in [9.17, 15) is 39.2 Å². The lowest BCUT2D eigenvalue weighted by Crippen LogP contribution is -2.28. The number of nitro benzene ring substituents is 1. The van der Waals surface area contributed by atoms with E-state index < -0.39 is 51.8 Å². The zero-order valence-electron chi connectivity index (χ0n) is 15.7. The van der Waals surface area contributed by atoms with Crippen LogP contribution in [0.2, 0.25) is 0 Å². The van der Waals surface area contributed by atoms with Gasteiger partial charge in [0.1, 0.15) is 23.5 Å². The highest BCUT2D eigenvalue weighted by Crippen LogP contribution is 2.38. The number of hydrogen-bond donors (Lipinski definition) is 2. The summed E-state index contributed by atoms with van der Waals surface area (Å²) in [5, 5.41) is 40.6. The molecule has 30 heavy (non-hydrogen) atoms. The highest BCUT2D eigenvalue weighted by atomic mass is 19.1. The highest BCUT2D eigenvalue weighted by molar-refractivity contribution is 6.03. The van der Waals surface area contributed by atoms with Crippen molar-refractivity contribution in [3.63, 3.8) is 0 Å². The number of ether oxygens (including phenoxy) is 1. The van der Waals surface area contributed by atoms with Crippen LogP contribution in [-0.2, 0) is 11.3 Å². The third-order valence-corrected chi connectivity index (χ3v) is 4.07. The first-order chi connectivity index (χ1) is 14.1. The van der Waals surface area contributed by atoms with Gasteiger partial charge in [-0.15, -0.1) is 0 Å². The Kier molecular flexibility index (Phi) is 6.53. The molecule has 156 valence electrons. The molecule has 0 spiro atoms. The Balaban J connectivity index is 2.47. The predicted molar refractivity (Wildman–Crippen MR) is 99.3 cm³/mol. The number of aliphatic hydroxyl groups is 1. The summed E-state index contributed by atoms with van der Waals surface area (Å²) in [7, 11) is 2.30. The van der Waals surface area contributed by atoms with Crippen LogP contribution in [0.5, 0.6) is 11.5 Å². The first kappa shape index (κ1) is 22.1. The molecule has 1 amide bonds. The first-order valence-corrected chi connectivity index (χ1v) is 8.19. The number of halogens is 2. The first-order valence-electron chi connectivity index (χ1n) is 8.19. The SMILES string of the molecule is COc1cc(/C(O)=C(\C#N)C(=O)N(C)Cc2cc(F)ccc2F)cc([N+](=O)[O-])c1O. The molecule has 11 heteroatoms. The third kappa shape index (κ3) is 4.44. The lowest BCUT2D eigenvalue weighted by atomic mass is 10.1. The maximum atomic E-state index is 13.8. The van der Waals surface area contributed by atoms with Gasteiger partial charge in [0, 0.05) is 30.8 Å². The summed E-state index contributed by atoms with van der Waals surface area (Å²) < 4.78 is 31.9. The lowest BCUT2D eigenvalue weighted by Gasteiger charge is -2.18. The van der Waals surface area contributed by atoms with Crippen LogP contribution < -0.4 is 4.74 Å². The molecule has 0 heterocycles. The van der Waals surface area contributed by atoms with Crippen LogP contribution in [0.25, 0.3) is 5.76 Å². The molecule has 0 fully saturated rings. The monoisotopic (exact) mass is 419 g/mol. The van der Waals surface area contributed by atoms with Gasteiger partial charge in [0.05, 0.1) is 12.0 Å². The Morgan fingerprint density at radius 3 is 2.57 bits per heavy atom. The fourth-order valence-electron chi connectivity index (χ4n) is 2.55. The molecule has 2 aromatic carbocycles. The molecule has 2 aromatic rings.